The summed E-state index contributed by atoms with van der Waals surface area (Å²) in [5, 5.41) is 6.88. The highest BCUT2D eigenvalue weighted by Gasteiger charge is 2.23. The second kappa shape index (κ2) is 5.50. The van der Waals surface area contributed by atoms with E-state index in [0.717, 1.165) is 31.8 Å². The number of rotatable bonds is 2. The number of amides is 1. The molecule has 1 aromatic heterocycles. The molecule has 0 aromatic carbocycles. The fourth-order valence-corrected chi connectivity index (χ4v) is 2.24. The number of nitrogens with zero attached hydrogens (tertiary/aromatic N) is 3. The van der Waals surface area contributed by atoms with Gasteiger partial charge in [0.15, 0.2) is 0 Å². The number of nitrogens with one attached hydrogen (secondary N) is 1. The Balaban J connectivity index is 2.05. The molecule has 1 aliphatic rings. The number of H-pyrrole nitrogens is 1. The molecule has 1 N–H and O–H groups in total. The van der Waals surface area contributed by atoms with E-state index in [4.69, 9.17) is 0 Å². The summed E-state index contributed by atoms with van der Waals surface area (Å²) in [6, 6.07) is 0. The highest BCUT2D eigenvalue weighted by molar-refractivity contribution is 5.90. The molecule has 0 spiro atoms. The zero-order valence-corrected chi connectivity index (χ0v) is 11.4. The molecule has 0 aliphatic carbocycles. The number of aromatic amines is 1. The van der Waals surface area contributed by atoms with Gasteiger partial charge in [-0.1, -0.05) is 20.8 Å². The second-order valence-electron chi connectivity index (χ2n) is 5.53. The lowest BCUT2D eigenvalue weighted by molar-refractivity contribution is 0.0748. The van der Waals surface area contributed by atoms with Crippen LogP contribution in [0, 0.1) is 5.92 Å². The van der Waals surface area contributed by atoms with Gasteiger partial charge in [-0.2, -0.15) is 0 Å². The molecule has 0 radical (unpaired) electrons. The van der Waals surface area contributed by atoms with E-state index >= 15 is 0 Å². The highest BCUT2D eigenvalue weighted by atomic mass is 16.2. The Bertz CT molecular complexity index is 413. The predicted octanol–water partition coefficient (Wildman–Crippen LogP) is 2.19. The summed E-state index contributed by atoms with van der Waals surface area (Å²) in [5.74, 6) is 2.03. The van der Waals surface area contributed by atoms with Crippen molar-refractivity contribution in [2.45, 2.75) is 46.0 Å². The summed E-state index contributed by atoms with van der Waals surface area (Å²) < 4.78 is 0. The van der Waals surface area contributed by atoms with Gasteiger partial charge in [0.1, 0.15) is 5.82 Å². The highest BCUT2D eigenvalue weighted by Crippen LogP contribution is 2.18. The van der Waals surface area contributed by atoms with Gasteiger partial charge in [0.05, 0.1) is 0 Å². The molecule has 2 heterocycles. The normalized spacial score (nSPS) is 21.1. The van der Waals surface area contributed by atoms with Crippen molar-refractivity contribution in [1.29, 1.82) is 0 Å². The van der Waals surface area contributed by atoms with Crippen molar-refractivity contribution < 1.29 is 4.79 Å². The van der Waals surface area contributed by atoms with Crippen LogP contribution < -0.4 is 0 Å². The van der Waals surface area contributed by atoms with E-state index in [-0.39, 0.29) is 11.8 Å². The van der Waals surface area contributed by atoms with E-state index in [0.29, 0.717) is 11.7 Å². The average molecular weight is 250 g/mol. The number of hydrogen-bond donors (Lipinski definition) is 1. The molecule has 0 saturated carbocycles. The van der Waals surface area contributed by atoms with Crippen molar-refractivity contribution in [1.82, 2.24) is 20.1 Å². The first-order valence-electron chi connectivity index (χ1n) is 6.79. The summed E-state index contributed by atoms with van der Waals surface area (Å²) in [6.45, 7) is 7.96. The van der Waals surface area contributed by atoms with Crippen LogP contribution >= 0.6 is 0 Å². The van der Waals surface area contributed by atoms with Crippen LogP contribution in [-0.2, 0) is 0 Å². The first-order valence-corrected chi connectivity index (χ1v) is 6.79. The molecule has 0 bridgehead atoms. The van der Waals surface area contributed by atoms with Gasteiger partial charge in [-0.3, -0.25) is 9.89 Å². The largest absolute Gasteiger partial charge is 0.336 e. The number of aromatic nitrogens is 3. The molecule has 2 rings (SSSR count). The van der Waals surface area contributed by atoms with Crippen LogP contribution in [-0.4, -0.2) is 39.1 Å². The number of carbonyl (C=O) groups excluding carboxylic acids is 1. The van der Waals surface area contributed by atoms with Gasteiger partial charge < -0.3 is 4.90 Å². The van der Waals surface area contributed by atoms with Crippen molar-refractivity contribution in [2.75, 3.05) is 13.1 Å². The lowest BCUT2D eigenvalue weighted by Crippen LogP contribution is -2.32. The number of hydrogen-bond acceptors (Lipinski definition) is 3. The fourth-order valence-electron chi connectivity index (χ4n) is 2.24. The molecule has 1 aromatic rings. The molecule has 1 amide bonds. The summed E-state index contributed by atoms with van der Waals surface area (Å²) in [7, 11) is 0. The van der Waals surface area contributed by atoms with Gasteiger partial charge in [-0.25, -0.2) is 4.98 Å². The van der Waals surface area contributed by atoms with Gasteiger partial charge >= 0.3 is 0 Å². The minimum absolute atomic E-state index is 0.0350. The van der Waals surface area contributed by atoms with Crippen LogP contribution in [0.15, 0.2) is 0 Å². The van der Waals surface area contributed by atoms with Crippen molar-refractivity contribution in [3.05, 3.63) is 11.6 Å². The molecule has 100 valence electrons. The van der Waals surface area contributed by atoms with E-state index < -0.39 is 0 Å². The van der Waals surface area contributed by atoms with Crippen LogP contribution in [0.4, 0.5) is 0 Å². The summed E-state index contributed by atoms with van der Waals surface area (Å²) >= 11 is 0. The monoisotopic (exact) mass is 250 g/mol. The second-order valence-corrected chi connectivity index (χ2v) is 5.53. The Hall–Kier alpha value is -1.39. The Morgan fingerprint density at radius 1 is 1.39 bits per heavy atom. The van der Waals surface area contributed by atoms with Crippen molar-refractivity contribution in [2.24, 2.45) is 5.92 Å². The van der Waals surface area contributed by atoms with E-state index in [1.165, 1.54) is 6.42 Å². The van der Waals surface area contributed by atoms with Gasteiger partial charge in [-0.15, -0.1) is 5.10 Å². The van der Waals surface area contributed by atoms with E-state index in [2.05, 4.69) is 22.1 Å². The van der Waals surface area contributed by atoms with Gasteiger partial charge in [0.25, 0.3) is 5.91 Å². The molecule has 5 nitrogen and oxygen atoms in total. The quantitative estimate of drug-likeness (QED) is 0.875. The molecular weight excluding hydrogens is 228 g/mol. The molecule has 1 atom stereocenters. The fraction of sp³-hybridized carbons (Fsp3) is 0.769. The topological polar surface area (TPSA) is 61.9 Å². The van der Waals surface area contributed by atoms with Gasteiger partial charge in [0.2, 0.25) is 5.82 Å². The van der Waals surface area contributed by atoms with Crippen molar-refractivity contribution in [3.8, 4) is 0 Å². The van der Waals surface area contributed by atoms with Crippen LogP contribution in [0.2, 0.25) is 0 Å². The van der Waals surface area contributed by atoms with E-state index in [1.807, 2.05) is 18.7 Å². The van der Waals surface area contributed by atoms with Crippen LogP contribution in [0.5, 0.6) is 0 Å². The zero-order chi connectivity index (χ0) is 13.1. The standard InChI is InChI=1S/C13H22N4O/c1-9(2)11-14-12(16-15-11)13(18)17-7-4-5-10(3)6-8-17/h9-10H,4-8H2,1-3H3,(H,14,15,16). The minimum Gasteiger partial charge on any atom is -0.336 e. The molecule has 18 heavy (non-hydrogen) atoms. The molecule has 1 aliphatic heterocycles. The molecule has 5 heteroatoms. The van der Waals surface area contributed by atoms with Gasteiger partial charge in [0, 0.05) is 19.0 Å². The first kappa shape index (κ1) is 13.1. The van der Waals surface area contributed by atoms with E-state index in [1.54, 1.807) is 0 Å². The Kier molecular flexibility index (Phi) is 3.99. The average Bonchev–Trinajstić information content (AvgIpc) is 2.73. The Labute approximate surface area is 108 Å². The molecule has 1 saturated heterocycles. The predicted molar refractivity (Wildman–Crippen MR) is 69.4 cm³/mol. The third kappa shape index (κ3) is 2.89. The third-order valence-electron chi connectivity index (χ3n) is 3.54. The van der Waals surface area contributed by atoms with Crippen molar-refractivity contribution >= 4 is 5.91 Å². The maximum Gasteiger partial charge on any atom is 0.293 e. The van der Waals surface area contributed by atoms with Gasteiger partial charge in [-0.05, 0) is 25.2 Å². The molecular formula is C13H22N4O. The minimum atomic E-state index is -0.0350. The summed E-state index contributed by atoms with van der Waals surface area (Å²) in [5.41, 5.74) is 0. The third-order valence-corrected chi connectivity index (χ3v) is 3.54. The first-order chi connectivity index (χ1) is 8.58. The summed E-state index contributed by atoms with van der Waals surface area (Å²) in [6.07, 6.45) is 3.36. The maximum absolute atomic E-state index is 12.3. The lowest BCUT2D eigenvalue weighted by Gasteiger charge is -2.18. The van der Waals surface area contributed by atoms with Crippen molar-refractivity contribution in [3.63, 3.8) is 0 Å². The maximum atomic E-state index is 12.3. The number of likely N-dealkylation sites (tertiary alicyclic amines) is 1. The smallest absolute Gasteiger partial charge is 0.293 e. The Morgan fingerprint density at radius 2 is 2.17 bits per heavy atom. The van der Waals surface area contributed by atoms with Crippen LogP contribution in [0.1, 0.15) is 62.4 Å². The SMILES string of the molecule is CC1CCCN(C(=O)c2n[nH]c(C(C)C)n2)CC1. The van der Waals surface area contributed by atoms with E-state index in [9.17, 15) is 4.79 Å². The number of carbonyl (C=O) groups is 1. The van der Waals surface area contributed by atoms with Crippen LogP contribution in [0.25, 0.3) is 0 Å². The lowest BCUT2D eigenvalue weighted by atomic mass is 10.0. The molecule has 1 unspecified atom stereocenters. The summed E-state index contributed by atoms with van der Waals surface area (Å²) in [4.78, 5) is 18.4. The molecule has 1 fully saturated rings. The zero-order valence-electron chi connectivity index (χ0n) is 11.4. The Morgan fingerprint density at radius 3 is 2.83 bits per heavy atom. The van der Waals surface area contributed by atoms with Crippen LogP contribution in [0.3, 0.4) is 0 Å².